The number of amides is 1. The molecule has 0 aromatic carbocycles. The Balaban J connectivity index is 4.59. The Morgan fingerprint density at radius 3 is 1.94 bits per heavy atom. The summed E-state index contributed by atoms with van der Waals surface area (Å²) in [6.45, 7) is 6.97. The minimum atomic E-state index is -0.792. The second-order valence-corrected chi connectivity index (χ2v) is 5.01. The summed E-state index contributed by atoms with van der Waals surface area (Å²) in [5.41, 5.74) is -0.792. The zero-order valence-corrected chi connectivity index (χ0v) is 12.2. The second-order valence-electron chi connectivity index (χ2n) is 5.01. The lowest BCUT2D eigenvalue weighted by molar-refractivity contribution is -0.129. The molecule has 3 heteroatoms. The minimum absolute atomic E-state index is 0.0552. The van der Waals surface area contributed by atoms with Crippen LogP contribution >= 0.6 is 0 Å². The van der Waals surface area contributed by atoms with E-state index in [1.807, 2.05) is 0 Å². The van der Waals surface area contributed by atoms with Crippen molar-refractivity contribution in [1.29, 1.82) is 5.26 Å². The number of rotatable bonds is 10. The van der Waals surface area contributed by atoms with Crippen LogP contribution in [0, 0.1) is 16.7 Å². The van der Waals surface area contributed by atoms with E-state index < -0.39 is 5.41 Å². The van der Waals surface area contributed by atoms with Crippen molar-refractivity contribution < 1.29 is 4.79 Å². The average Bonchev–Trinajstić information content (AvgIpc) is 2.40. The smallest absolute Gasteiger partial charge is 0.240 e. The van der Waals surface area contributed by atoms with Gasteiger partial charge in [0, 0.05) is 6.54 Å². The van der Waals surface area contributed by atoms with Crippen LogP contribution in [0.15, 0.2) is 0 Å². The highest BCUT2D eigenvalue weighted by molar-refractivity contribution is 5.85. The molecule has 0 bridgehead atoms. The average molecular weight is 252 g/mol. The molecule has 0 aromatic heterocycles. The van der Waals surface area contributed by atoms with E-state index in [4.69, 9.17) is 0 Å². The molecule has 0 fully saturated rings. The standard InChI is InChI=1S/C15H28N2O/c1-4-7-10-15(13-16,11-8-5-2)14(18)17-12-9-6-3/h4-12H2,1-3H3,(H,17,18). The van der Waals surface area contributed by atoms with Gasteiger partial charge < -0.3 is 5.32 Å². The fraction of sp³-hybridized carbons (Fsp3) is 0.867. The molecule has 0 aliphatic heterocycles. The van der Waals surface area contributed by atoms with Gasteiger partial charge in [-0.1, -0.05) is 52.9 Å². The highest BCUT2D eigenvalue weighted by Gasteiger charge is 2.36. The molecule has 0 atom stereocenters. The van der Waals surface area contributed by atoms with Gasteiger partial charge in [-0.2, -0.15) is 5.26 Å². The molecular formula is C15H28N2O. The first-order chi connectivity index (χ1) is 8.66. The predicted molar refractivity (Wildman–Crippen MR) is 75.0 cm³/mol. The number of unbranched alkanes of at least 4 members (excludes halogenated alkanes) is 3. The highest BCUT2D eigenvalue weighted by Crippen LogP contribution is 2.30. The summed E-state index contributed by atoms with van der Waals surface area (Å²) in [4.78, 5) is 12.2. The number of hydrogen-bond acceptors (Lipinski definition) is 2. The highest BCUT2D eigenvalue weighted by atomic mass is 16.2. The molecule has 1 amide bonds. The molecule has 18 heavy (non-hydrogen) atoms. The molecule has 3 nitrogen and oxygen atoms in total. The van der Waals surface area contributed by atoms with E-state index in [1.54, 1.807) is 0 Å². The molecule has 0 radical (unpaired) electrons. The van der Waals surface area contributed by atoms with Gasteiger partial charge in [-0.25, -0.2) is 0 Å². The second kappa shape index (κ2) is 9.94. The Morgan fingerprint density at radius 1 is 1.06 bits per heavy atom. The largest absolute Gasteiger partial charge is 0.355 e. The summed E-state index contributed by atoms with van der Waals surface area (Å²) in [6, 6.07) is 2.30. The van der Waals surface area contributed by atoms with Crippen molar-refractivity contribution in [3.05, 3.63) is 0 Å². The fourth-order valence-electron chi connectivity index (χ4n) is 2.02. The van der Waals surface area contributed by atoms with E-state index in [2.05, 4.69) is 32.2 Å². The summed E-state index contributed by atoms with van der Waals surface area (Å²) in [7, 11) is 0. The lowest BCUT2D eigenvalue weighted by Gasteiger charge is -2.25. The van der Waals surface area contributed by atoms with Crippen molar-refractivity contribution in [3.63, 3.8) is 0 Å². The third-order valence-corrected chi connectivity index (χ3v) is 3.38. The zero-order valence-electron chi connectivity index (χ0n) is 12.2. The molecule has 1 N–H and O–H groups in total. The quantitative estimate of drug-likeness (QED) is 0.601. The Hall–Kier alpha value is -1.04. The molecule has 0 aromatic rings. The van der Waals surface area contributed by atoms with E-state index in [1.165, 1.54) is 0 Å². The van der Waals surface area contributed by atoms with Gasteiger partial charge in [0.1, 0.15) is 5.41 Å². The summed E-state index contributed by atoms with van der Waals surface area (Å²) in [6.07, 6.45) is 7.36. The minimum Gasteiger partial charge on any atom is -0.355 e. The number of nitrogens with one attached hydrogen (secondary N) is 1. The van der Waals surface area contributed by atoms with Crippen LogP contribution in [0.5, 0.6) is 0 Å². The molecule has 0 saturated carbocycles. The zero-order chi connectivity index (χ0) is 13.9. The fourth-order valence-corrected chi connectivity index (χ4v) is 2.02. The normalized spacial score (nSPS) is 11.0. The first-order valence-electron chi connectivity index (χ1n) is 7.36. The van der Waals surface area contributed by atoms with Crippen molar-refractivity contribution >= 4 is 5.91 Å². The third kappa shape index (κ3) is 5.53. The van der Waals surface area contributed by atoms with E-state index >= 15 is 0 Å². The monoisotopic (exact) mass is 252 g/mol. The first-order valence-corrected chi connectivity index (χ1v) is 7.36. The van der Waals surface area contributed by atoms with E-state index in [9.17, 15) is 10.1 Å². The van der Waals surface area contributed by atoms with Gasteiger partial charge in [-0.05, 0) is 19.3 Å². The molecule has 0 unspecified atom stereocenters. The van der Waals surface area contributed by atoms with Crippen molar-refractivity contribution in [2.24, 2.45) is 5.41 Å². The Labute approximate surface area is 112 Å². The van der Waals surface area contributed by atoms with Crippen LogP contribution in [-0.4, -0.2) is 12.5 Å². The van der Waals surface area contributed by atoms with Crippen molar-refractivity contribution in [1.82, 2.24) is 5.32 Å². The number of nitrogens with zero attached hydrogens (tertiary/aromatic N) is 1. The molecular weight excluding hydrogens is 224 g/mol. The van der Waals surface area contributed by atoms with Crippen molar-refractivity contribution in [2.45, 2.75) is 72.1 Å². The van der Waals surface area contributed by atoms with Gasteiger partial charge in [0.05, 0.1) is 6.07 Å². The van der Waals surface area contributed by atoms with Gasteiger partial charge in [-0.15, -0.1) is 0 Å². The predicted octanol–water partition coefficient (Wildman–Crippen LogP) is 3.79. The molecule has 0 saturated heterocycles. The van der Waals surface area contributed by atoms with Crippen LogP contribution in [0.2, 0.25) is 0 Å². The van der Waals surface area contributed by atoms with Crippen molar-refractivity contribution in [2.75, 3.05) is 6.54 Å². The van der Waals surface area contributed by atoms with Gasteiger partial charge in [0.15, 0.2) is 0 Å². The van der Waals surface area contributed by atoms with Gasteiger partial charge in [0.25, 0.3) is 0 Å². The topological polar surface area (TPSA) is 52.9 Å². The number of carbonyl (C=O) groups is 1. The Kier molecular flexibility index (Phi) is 9.36. The molecule has 0 aliphatic rings. The maximum atomic E-state index is 12.2. The molecule has 0 spiro atoms. The number of nitriles is 1. The van der Waals surface area contributed by atoms with Crippen LogP contribution in [0.3, 0.4) is 0 Å². The Morgan fingerprint density at radius 2 is 1.56 bits per heavy atom. The molecule has 0 aliphatic carbocycles. The van der Waals surface area contributed by atoms with Crippen LogP contribution < -0.4 is 5.32 Å². The lowest BCUT2D eigenvalue weighted by atomic mass is 9.78. The SMILES string of the molecule is CCCCNC(=O)C(C#N)(CCCC)CCCC. The van der Waals surface area contributed by atoms with E-state index in [-0.39, 0.29) is 5.91 Å². The van der Waals surface area contributed by atoms with Crippen LogP contribution in [0.25, 0.3) is 0 Å². The van der Waals surface area contributed by atoms with Gasteiger partial charge in [-0.3, -0.25) is 4.79 Å². The van der Waals surface area contributed by atoms with E-state index in [0.29, 0.717) is 19.4 Å². The summed E-state index contributed by atoms with van der Waals surface area (Å²) in [5, 5.41) is 12.4. The maximum Gasteiger partial charge on any atom is 0.240 e. The van der Waals surface area contributed by atoms with Gasteiger partial charge in [0.2, 0.25) is 5.91 Å². The van der Waals surface area contributed by atoms with Gasteiger partial charge >= 0.3 is 0 Å². The third-order valence-electron chi connectivity index (χ3n) is 3.38. The lowest BCUT2D eigenvalue weighted by Crippen LogP contribution is -2.40. The number of carbonyl (C=O) groups excluding carboxylic acids is 1. The molecule has 0 rings (SSSR count). The summed E-state index contributed by atoms with van der Waals surface area (Å²) < 4.78 is 0. The summed E-state index contributed by atoms with van der Waals surface area (Å²) >= 11 is 0. The number of hydrogen-bond donors (Lipinski definition) is 1. The summed E-state index contributed by atoms with van der Waals surface area (Å²) in [5.74, 6) is -0.0552. The van der Waals surface area contributed by atoms with Crippen LogP contribution in [0.1, 0.15) is 72.1 Å². The van der Waals surface area contributed by atoms with E-state index in [0.717, 1.165) is 38.5 Å². The maximum absolute atomic E-state index is 12.2. The van der Waals surface area contributed by atoms with Crippen LogP contribution in [0.4, 0.5) is 0 Å². The molecule has 0 heterocycles. The Bertz CT molecular complexity index is 260. The first kappa shape index (κ1) is 17.0. The van der Waals surface area contributed by atoms with Crippen molar-refractivity contribution in [3.8, 4) is 6.07 Å². The van der Waals surface area contributed by atoms with Crippen LogP contribution in [-0.2, 0) is 4.79 Å². The molecule has 104 valence electrons.